The summed E-state index contributed by atoms with van der Waals surface area (Å²) in [6.07, 6.45) is 4.11. The van der Waals surface area contributed by atoms with E-state index >= 15 is 0 Å². The molecule has 2 heterocycles. The van der Waals surface area contributed by atoms with Crippen LogP contribution in [0.2, 0.25) is 0 Å². The van der Waals surface area contributed by atoms with E-state index in [2.05, 4.69) is 20.6 Å². The zero-order valence-corrected chi connectivity index (χ0v) is 11.6. The first-order valence-electron chi connectivity index (χ1n) is 6.67. The van der Waals surface area contributed by atoms with Gasteiger partial charge in [-0.2, -0.15) is 10.2 Å². The van der Waals surface area contributed by atoms with Crippen molar-refractivity contribution in [3.05, 3.63) is 28.8 Å². The van der Waals surface area contributed by atoms with Crippen LogP contribution in [-0.4, -0.2) is 25.9 Å². The van der Waals surface area contributed by atoms with Gasteiger partial charge in [0.05, 0.1) is 17.1 Å². The van der Waals surface area contributed by atoms with E-state index in [1.807, 2.05) is 20.2 Å². The van der Waals surface area contributed by atoms with Crippen LogP contribution in [-0.2, 0) is 13.6 Å². The second-order valence-electron chi connectivity index (χ2n) is 5.27. The van der Waals surface area contributed by atoms with E-state index in [4.69, 9.17) is 5.73 Å². The number of carbonyl (C=O) groups is 1. The quantitative estimate of drug-likeness (QED) is 0.769. The van der Waals surface area contributed by atoms with Gasteiger partial charge in [-0.25, -0.2) is 0 Å². The first-order valence-corrected chi connectivity index (χ1v) is 6.67. The van der Waals surface area contributed by atoms with Crippen molar-refractivity contribution in [2.75, 3.05) is 5.73 Å². The number of aryl methyl sites for hydroxylation is 2. The summed E-state index contributed by atoms with van der Waals surface area (Å²) >= 11 is 0. The predicted octanol–water partition coefficient (Wildman–Crippen LogP) is 0.841. The zero-order valence-electron chi connectivity index (χ0n) is 11.6. The van der Waals surface area contributed by atoms with E-state index < -0.39 is 0 Å². The minimum atomic E-state index is -0.256. The highest BCUT2D eigenvalue weighted by atomic mass is 16.1. The summed E-state index contributed by atoms with van der Waals surface area (Å²) in [5.41, 5.74) is 9.53. The van der Waals surface area contributed by atoms with Crippen LogP contribution in [0.4, 0.5) is 5.69 Å². The second kappa shape index (κ2) is 4.66. The van der Waals surface area contributed by atoms with Crippen LogP contribution >= 0.6 is 0 Å². The number of amides is 1. The van der Waals surface area contributed by atoms with Crippen molar-refractivity contribution in [2.24, 2.45) is 7.05 Å². The van der Waals surface area contributed by atoms with Crippen LogP contribution in [0.25, 0.3) is 0 Å². The van der Waals surface area contributed by atoms with E-state index in [0.717, 1.165) is 29.8 Å². The molecule has 7 heteroatoms. The fourth-order valence-corrected chi connectivity index (χ4v) is 2.30. The number of H-pyrrole nitrogens is 1. The van der Waals surface area contributed by atoms with E-state index in [1.165, 1.54) is 0 Å². The van der Waals surface area contributed by atoms with Crippen molar-refractivity contribution in [3.63, 3.8) is 0 Å². The third-order valence-corrected chi connectivity index (χ3v) is 3.59. The van der Waals surface area contributed by atoms with Gasteiger partial charge < -0.3 is 11.1 Å². The van der Waals surface area contributed by atoms with E-state index in [1.54, 1.807) is 4.68 Å². The molecule has 3 rings (SSSR count). The van der Waals surface area contributed by atoms with Crippen LogP contribution in [0.3, 0.4) is 0 Å². The van der Waals surface area contributed by atoms with Gasteiger partial charge in [0.2, 0.25) is 0 Å². The molecule has 2 aromatic rings. The number of nitrogen functional groups attached to an aromatic ring is 1. The van der Waals surface area contributed by atoms with Crippen molar-refractivity contribution >= 4 is 11.6 Å². The maximum atomic E-state index is 12.1. The van der Waals surface area contributed by atoms with Crippen molar-refractivity contribution in [3.8, 4) is 0 Å². The SMILES string of the molecule is Cc1nn(C)cc1CNC(=O)c1n[nH]c(C2CC2)c1N. The highest BCUT2D eigenvalue weighted by Gasteiger charge is 2.30. The topological polar surface area (TPSA) is 102 Å². The Hall–Kier alpha value is -2.31. The standard InChI is InChI=1S/C13H18N6O/c1-7-9(6-19(2)18-7)5-15-13(20)12-10(14)11(16-17-12)8-3-4-8/h6,8H,3-5,14H2,1-2H3,(H,15,20)(H,16,17). The lowest BCUT2D eigenvalue weighted by molar-refractivity contribution is 0.0946. The smallest absolute Gasteiger partial charge is 0.274 e. The number of aromatic nitrogens is 4. The Morgan fingerprint density at radius 2 is 2.35 bits per heavy atom. The molecule has 0 saturated heterocycles. The molecular formula is C13H18N6O. The molecule has 1 aliphatic rings. The normalized spacial score (nSPS) is 14.5. The molecule has 0 aromatic carbocycles. The fourth-order valence-electron chi connectivity index (χ4n) is 2.30. The van der Waals surface area contributed by atoms with Crippen LogP contribution in [0.5, 0.6) is 0 Å². The number of nitrogens with zero attached hydrogens (tertiary/aromatic N) is 3. The number of nitrogens with one attached hydrogen (secondary N) is 2. The van der Waals surface area contributed by atoms with Gasteiger partial charge in [-0.1, -0.05) is 0 Å². The van der Waals surface area contributed by atoms with Gasteiger partial charge in [-0.05, 0) is 19.8 Å². The average Bonchev–Trinajstić information content (AvgIpc) is 3.09. The summed E-state index contributed by atoms with van der Waals surface area (Å²) in [4.78, 5) is 12.1. The summed E-state index contributed by atoms with van der Waals surface area (Å²) in [6.45, 7) is 2.33. The Labute approximate surface area is 116 Å². The van der Waals surface area contributed by atoms with Crippen LogP contribution < -0.4 is 11.1 Å². The molecule has 2 aromatic heterocycles. The molecule has 106 valence electrons. The molecule has 0 aliphatic heterocycles. The molecular weight excluding hydrogens is 256 g/mol. The number of hydrogen-bond acceptors (Lipinski definition) is 4. The third kappa shape index (κ3) is 2.26. The molecule has 1 amide bonds. The lowest BCUT2D eigenvalue weighted by atomic mass is 10.2. The average molecular weight is 274 g/mol. The minimum Gasteiger partial charge on any atom is -0.395 e. The van der Waals surface area contributed by atoms with Crippen molar-refractivity contribution in [1.29, 1.82) is 0 Å². The summed E-state index contributed by atoms with van der Waals surface area (Å²) < 4.78 is 1.73. The van der Waals surface area contributed by atoms with Crippen LogP contribution in [0.1, 0.15) is 46.2 Å². The molecule has 0 bridgehead atoms. The van der Waals surface area contributed by atoms with Gasteiger partial charge in [0.15, 0.2) is 5.69 Å². The molecule has 20 heavy (non-hydrogen) atoms. The largest absolute Gasteiger partial charge is 0.395 e. The van der Waals surface area contributed by atoms with Crippen molar-refractivity contribution < 1.29 is 4.79 Å². The van der Waals surface area contributed by atoms with E-state index in [9.17, 15) is 4.79 Å². The lowest BCUT2D eigenvalue weighted by Gasteiger charge is -2.03. The molecule has 7 nitrogen and oxygen atoms in total. The fraction of sp³-hybridized carbons (Fsp3) is 0.462. The van der Waals surface area contributed by atoms with Gasteiger partial charge in [0.25, 0.3) is 5.91 Å². The molecule has 0 spiro atoms. The Balaban J connectivity index is 1.68. The maximum absolute atomic E-state index is 12.1. The Morgan fingerprint density at radius 3 is 2.95 bits per heavy atom. The lowest BCUT2D eigenvalue weighted by Crippen LogP contribution is -2.24. The summed E-state index contributed by atoms with van der Waals surface area (Å²) in [6, 6.07) is 0. The monoisotopic (exact) mass is 274 g/mol. The number of aromatic amines is 1. The number of rotatable bonds is 4. The van der Waals surface area contributed by atoms with E-state index in [0.29, 0.717) is 18.2 Å². The molecule has 1 fully saturated rings. The zero-order chi connectivity index (χ0) is 14.3. The molecule has 1 aliphatic carbocycles. The van der Waals surface area contributed by atoms with Gasteiger partial charge in [0, 0.05) is 31.3 Å². The van der Waals surface area contributed by atoms with E-state index in [-0.39, 0.29) is 11.6 Å². The number of hydrogen-bond donors (Lipinski definition) is 3. The highest BCUT2D eigenvalue weighted by Crippen LogP contribution is 2.42. The van der Waals surface area contributed by atoms with Gasteiger partial charge in [-0.15, -0.1) is 0 Å². The van der Waals surface area contributed by atoms with Gasteiger partial charge in [-0.3, -0.25) is 14.6 Å². The molecule has 0 unspecified atom stereocenters. The minimum absolute atomic E-state index is 0.256. The Kier molecular flexibility index (Phi) is 2.96. The number of carbonyl (C=O) groups excluding carboxylic acids is 1. The first kappa shape index (κ1) is 12.7. The molecule has 1 saturated carbocycles. The second-order valence-corrected chi connectivity index (χ2v) is 5.27. The Bertz CT molecular complexity index is 652. The molecule has 4 N–H and O–H groups in total. The van der Waals surface area contributed by atoms with Crippen molar-refractivity contribution in [2.45, 2.75) is 32.2 Å². The molecule has 0 radical (unpaired) electrons. The summed E-state index contributed by atoms with van der Waals surface area (Å²) in [5.74, 6) is 0.193. The van der Waals surface area contributed by atoms with Crippen LogP contribution in [0, 0.1) is 6.92 Å². The van der Waals surface area contributed by atoms with Gasteiger partial charge >= 0.3 is 0 Å². The maximum Gasteiger partial charge on any atom is 0.274 e. The number of nitrogens with two attached hydrogens (primary N) is 1. The first-order chi connectivity index (χ1) is 9.56. The third-order valence-electron chi connectivity index (χ3n) is 3.59. The summed E-state index contributed by atoms with van der Waals surface area (Å²) in [5, 5.41) is 14.0. The summed E-state index contributed by atoms with van der Waals surface area (Å²) in [7, 11) is 1.85. The molecule has 0 atom stereocenters. The van der Waals surface area contributed by atoms with Crippen molar-refractivity contribution in [1.82, 2.24) is 25.3 Å². The van der Waals surface area contributed by atoms with Gasteiger partial charge in [0.1, 0.15) is 0 Å². The number of anilines is 1. The highest BCUT2D eigenvalue weighted by molar-refractivity contribution is 5.97. The Morgan fingerprint density at radius 1 is 1.60 bits per heavy atom. The predicted molar refractivity (Wildman–Crippen MR) is 74.1 cm³/mol. The van der Waals surface area contributed by atoms with Crippen LogP contribution in [0.15, 0.2) is 6.20 Å².